The van der Waals surface area contributed by atoms with Gasteiger partial charge in [-0.1, -0.05) is 6.07 Å². The maximum Gasteiger partial charge on any atom is 0.225 e. The normalized spacial score (nSPS) is 18.3. The van der Waals surface area contributed by atoms with Crippen molar-refractivity contribution in [2.75, 3.05) is 13.1 Å². The minimum Gasteiger partial charge on any atom is -0.475 e. The summed E-state index contributed by atoms with van der Waals surface area (Å²) in [6, 6.07) is 3.74. The van der Waals surface area contributed by atoms with Crippen LogP contribution < -0.4 is 10.1 Å². The van der Waals surface area contributed by atoms with Gasteiger partial charge < -0.3 is 15.0 Å². The van der Waals surface area contributed by atoms with Gasteiger partial charge in [0.05, 0.1) is 6.10 Å². The molecule has 0 bridgehead atoms. The molecule has 25 heavy (non-hydrogen) atoms. The highest BCUT2D eigenvalue weighted by Crippen LogP contribution is 2.32. The Kier molecular flexibility index (Phi) is 5.56. The lowest BCUT2D eigenvalue weighted by atomic mass is 9.95. The number of piperidine rings is 1. The average Bonchev–Trinajstić information content (AvgIpc) is 3.45. The van der Waals surface area contributed by atoms with Gasteiger partial charge in [-0.05, 0) is 45.1 Å². The molecule has 6 heteroatoms. The van der Waals surface area contributed by atoms with E-state index in [0.29, 0.717) is 25.5 Å². The molecule has 1 saturated carbocycles. The van der Waals surface area contributed by atoms with Gasteiger partial charge >= 0.3 is 0 Å². The van der Waals surface area contributed by atoms with Crippen molar-refractivity contribution in [1.29, 1.82) is 0 Å². The summed E-state index contributed by atoms with van der Waals surface area (Å²) in [6.07, 6.45) is 5.40. The average molecular weight is 345 g/mol. The Labute approximate surface area is 148 Å². The Morgan fingerprint density at radius 1 is 1.20 bits per heavy atom. The topological polar surface area (TPSA) is 71.5 Å². The Bertz CT molecular complexity index is 603. The quantitative estimate of drug-likeness (QED) is 0.857. The highest BCUT2D eigenvalue weighted by Gasteiger charge is 2.35. The summed E-state index contributed by atoms with van der Waals surface area (Å²) in [4.78, 5) is 30.6. The second-order valence-corrected chi connectivity index (χ2v) is 7.26. The van der Waals surface area contributed by atoms with Gasteiger partial charge in [0, 0.05) is 43.7 Å². The second-order valence-electron chi connectivity index (χ2n) is 7.26. The number of aromatic nitrogens is 1. The Balaban J connectivity index is 1.41. The van der Waals surface area contributed by atoms with Crippen LogP contribution in [0.2, 0.25) is 0 Å². The molecular weight excluding hydrogens is 318 g/mol. The molecule has 1 aliphatic carbocycles. The number of likely N-dealkylation sites (tertiary alicyclic amines) is 1. The predicted molar refractivity (Wildman–Crippen MR) is 93.9 cm³/mol. The third-order valence-corrected chi connectivity index (χ3v) is 4.72. The molecule has 1 aromatic heterocycles. The number of pyridine rings is 1. The zero-order chi connectivity index (χ0) is 17.8. The van der Waals surface area contributed by atoms with Crippen LogP contribution in [-0.2, 0) is 16.1 Å². The molecule has 2 fully saturated rings. The first-order valence-corrected chi connectivity index (χ1v) is 9.21. The number of ether oxygens (including phenoxy) is 1. The molecule has 1 N–H and O–H groups in total. The number of nitrogens with zero attached hydrogens (tertiary/aromatic N) is 2. The maximum atomic E-state index is 12.3. The first kappa shape index (κ1) is 17.7. The molecule has 2 aliphatic rings. The molecule has 0 atom stereocenters. The first-order chi connectivity index (χ1) is 12.0. The van der Waals surface area contributed by atoms with E-state index in [-0.39, 0.29) is 29.8 Å². The maximum absolute atomic E-state index is 12.3. The zero-order valence-electron chi connectivity index (χ0n) is 15.0. The van der Waals surface area contributed by atoms with Crippen LogP contribution in [0.15, 0.2) is 18.3 Å². The van der Waals surface area contributed by atoms with E-state index in [9.17, 15) is 9.59 Å². The van der Waals surface area contributed by atoms with Crippen LogP contribution in [0.25, 0.3) is 0 Å². The number of nitrogens with one attached hydrogen (secondary N) is 1. The standard InChI is InChI=1S/C19H27N3O3/c1-13(2)25-17-6-3-14(11-20-17)12-21-18(23)15-7-9-22(10-8-15)19(24)16-4-5-16/h3,6,11,13,15-16H,4-5,7-10,12H2,1-2H3,(H,21,23). The number of amides is 2. The summed E-state index contributed by atoms with van der Waals surface area (Å²) in [5.41, 5.74) is 0.950. The van der Waals surface area contributed by atoms with E-state index >= 15 is 0 Å². The lowest BCUT2D eigenvalue weighted by molar-refractivity contribution is -0.136. The number of carbonyl (C=O) groups is 2. The van der Waals surface area contributed by atoms with Crippen LogP contribution in [-0.4, -0.2) is 40.9 Å². The molecule has 0 radical (unpaired) electrons. The molecule has 0 unspecified atom stereocenters. The van der Waals surface area contributed by atoms with Gasteiger partial charge in [0.25, 0.3) is 0 Å². The van der Waals surface area contributed by atoms with Gasteiger partial charge in [0.2, 0.25) is 17.7 Å². The monoisotopic (exact) mass is 345 g/mol. The summed E-state index contributed by atoms with van der Waals surface area (Å²) in [5, 5.41) is 2.98. The highest BCUT2D eigenvalue weighted by molar-refractivity contribution is 5.82. The second kappa shape index (κ2) is 7.85. The summed E-state index contributed by atoms with van der Waals surface area (Å²) in [6.45, 7) is 5.79. The smallest absolute Gasteiger partial charge is 0.225 e. The van der Waals surface area contributed by atoms with E-state index in [1.165, 1.54) is 0 Å². The van der Waals surface area contributed by atoms with E-state index in [1.807, 2.05) is 30.9 Å². The van der Waals surface area contributed by atoms with E-state index in [1.54, 1.807) is 6.20 Å². The summed E-state index contributed by atoms with van der Waals surface area (Å²) >= 11 is 0. The summed E-state index contributed by atoms with van der Waals surface area (Å²) in [7, 11) is 0. The minimum absolute atomic E-state index is 0.000222. The summed E-state index contributed by atoms with van der Waals surface area (Å²) in [5.74, 6) is 1.22. The van der Waals surface area contributed by atoms with Crippen LogP contribution in [0, 0.1) is 11.8 Å². The molecule has 6 nitrogen and oxygen atoms in total. The largest absolute Gasteiger partial charge is 0.475 e. The van der Waals surface area contributed by atoms with E-state index < -0.39 is 0 Å². The molecule has 1 saturated heterocycles. The molecule has 136 valence electrons. The minimum atomic E-state index is -0.000222. The fourth-order valence-electron chi connectivity index (χ4n) is 3.11. The number of carbonyl (C=O) groups excluding carboxylic acids is 2. The van der Waals surface area contributed by atoms with Gasteiger partial charge in [-0.2, -0.15) is 0 Å². The Morgan fingerprint density at radius 2 is 1.92 bits per heavy atom. The number of hydrogen-bond acceptors (Lipinski definition) is 4. The molecule has 1 aromatic rings. The third kappa shape index (κ3) is 4.94. The van der Waals surface area contributed by atoms with Crippen molar-refractivity contribution in [3.05, 3.63) is 23.9 Å². The fraction of sp³-hybridized carbons (Fsp3) is 0.632. The van der Waals surface area contributed by atoms with Gasteiger partial charge in [-0.3, -0.25) is 9.59 Å². The van der Waals surface area contributed by atoms with Crippen molar-refractivity contribution in [1.82, 2.24) is 15.2 Å². The Morgan fingerprint density at radius 3 is 2.48 bits per heavy atom. The molecule has 2 heterocycles. The number of hydrogen-bond donors (Lipinski definition) is 1. The summed E-state index contributed by atoms with van der Waals surface area (Å²) < 4.78 is 5.51. The number of rotatable bonds is 6. The van der Waals surface area contributed by atoms with Crippen molar-refractivity contribution in [2.45, 2.75) is 52.2 Å². The van der Waals surface area contributed by atoms with Crippen molar-refractivity contribution < 1.29 is 14.3 Å². The van der Waals surface area contributed by atoms with Gasteiger partial charge in [0.1, 0.15) is 0 Å². The van der Waals surface area contributed by atoms with Crippen LogP contribution in [0.3, 0.4) is 0 Å². The van der Waals surface area contributed by atoms with Crippen molar-refractivity contribution in [3.63, 3.8) is 0 Å². The van der Waals surface area contributed by atoms with Crippen molar-refractivity contribution >= 4 is 11.8 Å². The van der Waals surface area contributed by atoms with E-state index in [0.717, 1.165) is 31.2 Å². The van der Waals surface area contributed by atoms with Crippen molar-refractivity contribution in [2.24, 2.45) is 11.8 Å². The lowest BCUT2D eigenvalue weighted by Gasteiger charge is -2.31. The molecule has 0 aromatic carbocycles. The van der Waals surface area contributed by atoms with Crippen LogP contribution >= 0.6 is 0 Å². The SMILES string of the molecule is CC(C)Oc1ccc(CNC(=O)C2CCN(C(=O)C3CC3)CC2)cn1. The van der Waals surface area contributed by atoms with Gasteiger partial charge in [0.15, 0.2) is 0 Å². The molecule has 1 aliphatic heterocycles. The molecule has 2 amide bonds. The third-order valence-electron chi connectivity index (χ3n) is 4.72. The molecular formula is C19H27N3O3. The van der Waals surface area contributed by atoms with Crippen molar-refractivity contribution in [3.8, 4) is 5.88 Å². The highest BCUT2D eigenvalue weighted by atomic mass is 16.5. The fourth-order valence-corrected chi connectivity index (χ4v) is 3.11. The van der Waals surface area contributed by atoms with Gasteiger partial charge in [-0.15, -0.1) is 0 Å². The predicted octanol–water partition coefficient (Wildman–Crippen LogP) is 2.13. The molecule has 3 rings (SSSR count). The molecule has 0 spiro atoms. The van der Waals surface area contributed by atoms with Gasteiger partial charge in [-0.25, -0.2) is 4.98 Å². The Hall–Kier alpha value is -2.11. The van der Waals surface area contributed by atoms with E-state index in [2.05, 4.69) is 10.3 Å². The van der Waals surface area contributed by atoms with Crippen LogP contribution in [0.5, 0.6) is 5.88 Å². The first-order valence-electron chi connectivity index (χ1n) is 9.21. The van der Waals surface area contributed by atoms with Crippen LogP contribution in [0.4, 0.5) is 0 Å². The van der Waals surface area contributed by atoms with E-state index in [4.69, 9.17) is 4.74 Å². The lowest BCUT2D eigenvalue weighted by Crippen LogP contribution is -2.43. The zero-order valence-corrected chi connectivity index (χ0v) is 15.0. The van der Waals surface area contributed by atoms with Crippen LogP contribution in [0.1, 0.15) is 45.1 Å².